The highest BCUT2D eigenvalue weighted by Crippen LogP contribution is 2.19. The number of urea groups is 1. The second-order valence-electron chi connectivity index (χ2n) is 6.37. The van der Waals surface area contributed by atoms with Crippen molar-refractivity contribution in [3.8, 4) is 11.8 Å². The molecule has 1 unspecified atom stereocenters. The smallest absolute Gasteiger partial charge is 0.335 e. The van der Waals surface area contributed by atoms with E-state index in [1.807, 2.05) is 4.72 Å². The largest absolute Gasteiger partial charge is 0.481 e. The number of methoxy groups -OCH3 is 2. The number of nitrogens with one attached hydrogen (secondary N) is 2. The van der Waals surface area contributed by atoms with Gasteiger partial charge in [0, 0.05) is 5.56 Å². The number of rotatable bonds is 7. The first-order chi connectivity index (χ1) is 14.8. The molecule has 0 fully saturated rings. The van der Waals surface area contributed by atoms with Crippen molar-refractivity contribution in [2.75, 3.05) is 26.1 Å². The van der Waals surface area contributed by atoms with E-state index in [1.54, 1.807) is 31.2 Å². The van der Waals surface area contributed by atoms with E-state index in [4.69, 9.17) is 19.0 Å². The van der Waals surface area contributed by atoms with Crippen LogP contribution in [0.1, 0.15) is 18.1 Å². The predicted molar refractivity (Wildman–Crippen MR) is 109 cm³/mol. The third-order valence-electron chi connectivity index (χ3n) is 3.93. The molecule has 3 rings (SSSR count). The van der Waals surface area contributed by atoms with Crippen molar-refractivity contribution >= 4 is 27.9 Å². The monoisotopic (exact) mass is 451 g/mol. The van der Waals surface area contributed by atoms with Crippen LogP contribution < -0.4 is 19.5 Å². The SMILES string of the molecule is COc1cc(OC)nc(NC(=O)NS(=O)(=O)Cc2ccccc2C2=NOCC(C)O2)n1. The standard InChI is InChI=1S/C18H21N5O7S/c1-11-9-29-22-16(30-11)13-7-5-4-6-12(13)10-31(25,26)23-18(24)21-17-19-14(27-2)8-15(20-17)28-3/h4-8,11H,9-10H2,1-3H3,(H2,19,20,21,23,24). The molecule has 2 amide bonds. The maximum atomic E-state index is 12.6. The number of anilines is 1. The van der Waals surface area contributed by atoms with Crippen LogP contribution in [0.2, 0.25) is 0 Å². The molecule has 0 radical (unpaired) electrons. The zero-order valence-corrected chi connectivity index (χ0v) is 17.8. The number of hydrogen-bond donors (Lipinski definition) is 2. The molecule has 12 nitrogen and oxygen atoms in total. The molecule has 2 aromatic rings. The van der Waals surface area contributed by atoms with Gasteiger partial charge in [0.1, 0.15) is 6.10 Å². The summed E-state index contributed by atoms with van der Waals surface area (Å²) < 4.78 is 42.6. The van der Waals surface area contributed by atoms with Crippen molar-refractivity contribution in [2.45, 2.75) is 18.8 Å². The molecule has 166 valence electrons. The van der Waals surface area contributed by atoms with Gasteiger partial charge in [0.2, 0.25) is 27.7 Å². The number of aromatic nitrogens is 2. The fourth-order valence-corrected chi connectivity index (χ4v) is 3.66. The molecule has 1 atom stereocenters. The summed E-state index contributed by atoms with van der Waals surface area (Å²) in [7, 11) is -1.34. The van der Waals surface area contributed by atoms with E-state index in [-0.39, 0.29) is 29.7 Å². The van der Waals surface area contributed by atoms with Gasteiger partial charge in [-0.1, -0.05) is 18.2 Å². The highest BCUT2D eigenvalue weighted by atomic mass is 32.2. The second kappa shape index (κ2) is 9.47. The normalized spacial score (nSPS) is 15.7. The van der Waals surface area contributed by atoms with Crippen LogP contribution in [-0.4, -0.2) is 57.2 Å². The first-order valence-electron chi connectivity index (χ1n) is 9.03. The molecule has 1 aliphatic rings. The molecular weight excluding hydrogens is 430 g/mol. The first kappa shape index (κ1) is 22.1. The van der Waals surface area contributed by atoms with Crippen LogP contribution in [0.15, 0.2) is 35.5 Å². The summed E-state index contributed by atoms with van der Waals surface area (Å²) in [5, 5.41) is 6.09. The van der Waals surface area contributed by atoms with E-state index in [0.717, 1.165) is 0 Å². The number of amides is 2. The highest BCUT2D eigenvalue weighted by molar-refractivity contribution is 7.89. The van der Waals surface area contributed by atoms with Gasteiger partial charge in [-0.2, -0.15) is 9.97 Å². The van der Waals surface area contributed by atoms with Gasteiger partial charge >= 0.3 is 6.03 Å². The molecule has 31 heavy (non-hydrogen) atoms. The first-order valence-corrected chi connectivity index (χ1v) is 10.7. The van der Waals surface area contributed by atoms with Crippen LogP contribution in [0.4, 0.5) is 10.7 Å². The fourth-order valence-electron chi connectivity index (χ4n) is 2.59. The molecule has 0 aliphatic carbocycles. The summed E-state index contributed by atoms with van der Waals surface area (Å²) in [6.07, 6.45) is -0.235. The minimum absolute atomic E-state index is 0.128. The predicted octanol–water partition coefficient (Wildman–Crippen LogP) is 1.24. The Morgan fingerprint density at radius 2 is 1.87 bits per heavy atom. The molecule has 0 saturated heterocycles. The fraction of sp³-hybridized carbons (Fsp3) is 0.333. The number of oxime groups is 1. The lowest BCUT2D eigenvalue weighted by atomic mass is 10.1. The van der Waals surface area contributed by atoms with Gasteiger partial charge in [0.05, 0.1) is 26.0 Å². The topological polar surface area (TPSA) is 150 Å². The van der Waals surface area contributed by atoms with Crippen LogP contribution in [0.3, 0.4) is 0 Å². The Kier molecular flexibility index (Phi) is 6.74. The summed E-state index contributed by atoms with van der Waals surface area (Å²) in [5.74, 6) is -0.270. The van der Waals surface area contributed by atoms with Crippen molar-refractivity contribution in [1.29, 1.82) is 0 Å². The third kappa shape index (κ3) is 5.94. The van der Waals surface area contributed by atoms with Crippen molar-refractivity contribution in [2.24, 2.45) is 5.16 Å². The number of hydrogen-bond acceptors (Lipinski definition) is 10. The summed E-state index contributed by atoms with van der Waals surface area (Å²) >= 11 is 0. The lowest BCUT2D eigenvalue weighted by Gasteiger charge is -2.21. The minimum atomic E-state index is -4.09. The van der Waals surface area contributed by atoms with E-state index in [0.29, 0.717) is 17.7 Å². The number of carbonyl (C=O) groups is 1. The van der Waals surface area contributed by atoms with E-state index in [1.165, 1.54) is 20.3 Å². The highest BCUT2D eigenvalue weighted by Gasteiger charge is 2.23. The Hall–Kier alpha value is -3.61. The van der Waals surface area contributed by atoms with Gasteiger partial charge in [-0.25, -0.2) is 17.9 Å². The van der Waals surface area contributed by atoms with Crippen molar-refractivity contribution < 1.29 is 32.3 Å². The van der Waals surface area contributed by atoms with Crippen LogP contribution >= 0.6 is 0 Å². The van der Waals surface area contributed by atoms with Crippen LogP contribution in [0.5, 0.6) is 11.8 Å². The maximum absolute atomic E-state index is 12.6. The van der Waals surface area contributed by atoms with Gasteiger partial charge < -0.3 is 19.0 Å². The quantitative estimate of drug-likeness (QED) is 0.633. The maximum Gasteiger partial charge on any atom is 0.335 e. The van der Waals surface area contributed by atoms with Gasteiger partial charge in [0.15, 0.2) is 6.61 Å². The van der Waals surface area contributed by atoms with Crippen LogP contribution in [0.25, 0.3) is 0 Å². The van der Waals surface area contributed by atoms with Crippen molar-refractivity contribution in [3.05, 3.63) is 41.5 Å². The molecule has 2 heterocycles. The average Bonchev–Trinajstić information content (AvgIpc) is 2.72. The molecule has 13 heteroatoms. The molecular formula is C18H21N5O7S. The summed E-state index contributed by atoms with van der Waals surface area (Å²) in [6.45, 7) is 2.10. The molecule has 1 aromatic heterocycles. The van der Waals surface area contributed by atoms with E-state index in [9.17, 15) is 13.2 Å². The van der Waals surface area contributed by atoms with Gasteiger partial charge in [-0.05, 0) is 23.7 Å². The summed E-state index contributed by atoms with van der Waals surface area (Å²) in [6, 6.07) is 6.98. The lowest BCUT2D eigenvalue weighted by molar-refractivity contribution is 0.0196. The third-order valence-corrected chi connectivity index (χ3v) is 5.12. The second-order valence-corrected chi connectivity index (χ2v) is 8.09. The van der Waals surface area contributed by atoms with Gasteiger partial charge in [0.25, 0.3) is 5.90 Å². The molecule has 1 aromatic carbocycles. The molecule has 2 N–H and O–H groups in total. The average molecular weight is 451 g/mol. The molecule has 0 bridgehead atoms. The van der Waals surface area contributed by atoms with Crippen LogP contribution in [-0.2, 0) is 25.4 Å². The van der Waals surface area contributed by atoms with Crippen molar-refractivity contribution in [1.82, 2.24) is 14.7 Å². The Morgan fingerprint density at radius 1 is 1.19 bits per heavy atom. The summed E-state index contributed by atoms with van der Waals surface area (Å²) in [4.78, 5) is 25.1. The minimum Gasteiger partial charge on any atom is -0.481 e. The Bertz CT molecular complexity index is 1070. The molecule has 0 spiro atoms. The molecule has 1 aliphatic heterocycles. The number of nitrogens with zero attached hydrogens (tertiary/aromatic N) is 3. The van der Waals surface area contributed by atoms with Crippen LogP contribution in [0, 0.1) is 0 Å². The van der Waals surface area contributed by atoms with E-state index < -0.39 is 21.8 Å². The summed E-state index contributed by atoms with van der Waals surface area (Å²) in [5.41, 5.74) is 0.819. The number of benzene rings is 1. The van der Waals surface area contributed by atoms with Crippen molar-refractivity contribution in [3.63, 3.8) is 0 Å². The van der Waals surface area contributed by atoms with Gasteiger partial charge in [-0.15, -0.1) is 0 Å². The van der Waals surface area contributed by atoms with E-state index in [2.05, 4.69) is 20.4 Å². The lowest BCUT2D eigenvalue weighted by Crippen LogP contribution is -2.36. The zero-order valence-electron chi connectivity index (χ0n) is 17.0. The Morgan fingerprint density at radius 3 is 2.52 bits per heavy atom. The van der Waals surface area contributed by atoms with E-state index >= 15 is 0 Å². The van der Waals surface area contributed by atoms with Gasteiger partial charge in [-0.3, -0.25) is 5.32 Å². The number of ether oxygens (including phenoxy) is 3. The Labute approximate surface area is 178 Å². The zero-order chi connectivity index (χ0) is 22.4. The Balaban J connectivity index is 1.72. The number of sulfonamides is 1. The number of carbonyl (C=O) groups excluding carboxylic acids is 1. The molecule has 0 saturated carbocycles.